The lowest BCUT2D eigenvalue weighted by Crippen LogP contribution is -2.25. The van der Waals surface area contributed by atoms with Gasteiger partial charge in [0.2, 0.25) is 0 Å². The van der Waals surface area contributed by atoms with Gasteiger partial charge in [-0.1, -0.05) is 63.5 Å². The van der Waals surface area contributed by atoms with Gasteiger partial charge in [0.1, 0.15) is 0 Å². The fourth-order valence-corrected chi connectivity index (χ4v) is 5.09. The molecule has 0 radical (unpaired) electrons. The summed E-state index contributed by atoms with van der Waals surface area (Å²) in [7, 11) is 0. The molecule has 0 spiro atoms. The SMILES string of the molecule is CCCC1=CCC(C(=O)O)[C@H]1CCCCCC(C(=O)O)C1CCCCC1. The van der Waals surface area contributed by atoms with Gasteiger partial charge in [-0.3, -0.25) is 9.59 Å². The quantitative estimate of drug-likeness (QED) is 0.366. The van der Waals surface area contributed by atoms with Crippen LogP contribution in [-0.2, 0) is 9.59 Å². The van der Waals surface area contributed by atoms with Crippen molar-refractivity contribution in [2.75, 3.05) is 0 Å². The summed E-state index contributed by atoms with van der Waals surface area (Å²) >= 11 is 0. The van der Waals surface area contributed by atoms with Gasteiger partial charge in [0.15, 0.2) is 0 Å². The van der Waals surface area contributed by atoms with E-state index in [2.05, 4.69) is 13.0 Å². The first-order chi connectivity index (χ1) is 12.5. The summed E-state index contributed by atoms with van der Waals surface area (Å²) in [6.07, 6.45) is 15.4. The molecule has 1 saturated carbocycles. The van der Waals surface area contributed by atoms with Crippen LogP contribution in [0.1, 0.15) is 90.4 Å². The van der Waals surface area contributed by atoms with E-state index in [9.17, 15) is 19.8 Å². The zero-order chi connectivity index (χ0) is 18.9. The molecular formula is C22H36O4. The summed E-state index contributed by atoms with van der Waals surface area (Å²) in [5.41, 5.74) is 1.34. The molecule has 4 heteroatoms. The first-order valence-electron chi connectivity index (χ1n) is 10.7. The van der Waals surface area contributed by atoms with Gasteiger partial charge in [-0.2, -0.15) is 0 Å². The lowest BCUT2D eigenvalue weighted by atomic mass is 9.77. The van der Waals surface area contributed by atoms with E-state index in [1.807, 2.05) is 0 Å². The highest BCUT2D eigenvalue weighted by atomic mass is 16.4. The van der Waals surface area contributed by atoms with Gasteiger partial charge >= 0.3 is 11.9 Å². The van der Waals surface area contributed by atoms with Crippen LogP contribution in [0.5, 0.6) is 0 Å². The van der Waals surface area contributed by atoms with Crippen LogP contribution >= 0.6 is 0 Å². The van der Waals surface area contributed by atoms with Crippen molar-refractivity contribution < 1.29 is 19.8 Å². The molecule has 0 heterocycles. The number of carbonyl (C=O) groups is 2. The molecule has 148 valence electrons. The highest BCUT2D eigenvalue weighted by Gasteiger charge is 2.34. The van der Waals surface area contributed by atoms with E-state index in [0.717, 1.165) is 57.8 Å². The molecule has 26 heavy (non-hydrogen) atoms. The van der Waals surface area contributed by atoms with Crippen molar-refractivity contribution in [2.24, 2.45) is 23.7 Å². The molecule has 0 bridgehead atoms. The Bertz CT molecular complexity index is 490. The van der Waals surface area contributed by atoms with Crippen molar-refractivity contribution in [1.29, 1.82) is 0 Å². The fraction of sp³-hybridized carbons (Fsp3) is 0.818. The van der Waals surface area contributed by atoms with Gasteiger partial charge in [0.25, 0.3) is 0 Å². The van der Waals surface area contributed by atoms with Crippen LogP contribution in [0.4, 0.5) is 0 Å². The summed E-state index contributed by atoms with van der Waals surface area (Å²) in [6.45, 7) is 2.14. The minimum absolute atomic E-state index is 0.177. The largest absolute Gasteiger partial charge is 0.481 e. The third-order valence-corrected chi connectivity index (χ3v) is 6.52. The number of carboxylic acids is 2. The molecule has 2 unspecified atom stereocenters. The summed E-state index contributed by atoms with van der Waals surface area (Å²) in [4.78, 5) is 23.1. The fourth-order valence-electron chi connectivity index (χ4n) is 5.09. The van der Waals surface area contributed by atoms with Crippen molar-refractivity contribution in [3.63, 3.8) is 0 Å². The standard InChI is InChI=1S/C22H36O4/c1-2-9-16-14-15-20(22(25)26)18(16)12-7-4-8-13-19(21(23)24)17-10-5-3-6-11-17/h14,17-20H,2-13,15H2,1H3,(H,23,24)(H,25,26)/t18-,19?,20?/m0/s1. The molecule has 2 N–H and O–H groups in total. The van der Waals surface area contributed by atoms with Crippen molar-refractivity contribution >= 4 is 11.9 Å². The zero-order valence-electron chi connectivity index (χ0n) is 16.3. The second-order valence-corrected chi connectivity index (χ2v) is 8.30. The Balaban J connectivity index is 1.74. The number of allylic oxidation sites excluding steroid dienone is 2. The summed E-state index contributed by atoms with van der Waals surface area (Å²) < 4.78 is 0. The second kappa shape index (κ2) is 10.7. The molecule has 0 amide bonds. The van der Waals surface area contributed by atoms with E-state index in [1.165, 1.54) is 24.8 Å². The Morgan fingerprint density at radius 3 is 2.46 bits per heavy atom. The molecule has 0 aliphatic heterocycles. The van der Waals surface area contributed by atoms with E-state index in [0.29, 0.717) is 12.3 Å². The van der Waals surface area contributed by atoms with Crippen LogP contribution in [0, 0.1) is 23.7 Å². The van der Waals surface area contributed by atoms with Crippen LogP contribution in [0.2, 0.25) is 0 Å². The third kappa shape index (κ3) is 5.85. The van der Waals surface area contributed by atoms with E-state index in [-0.39, 0.29) is 17.8 Å². The maximum absolute atomic E-state index is 11.6. The summed E-state index contributed by atoms with van der Waals surface area (Å²) in [5.74, 6) is -1.14. The van der Waals surface area contributed by atoms with E-state index in [1.54, 1.807) is 0 Å². The third-order valence-electron chi connectivity index (χ3n) is 6.52. The Labute approximate surface area is 158 Å². The molecule has 0 aromatic heterocycles. The molecular weight excluding hydrogens is 328 g/mol. The maximum atomic E-state index is 11.6. The Morgan fingerprint density at radius 2 is 1.85 bits per heavy atom. The van der Waals surface area contributed by atoms with Crippen LogP contribution in [0.25, 0.3) is 0 Å². The van der Waals surface area contributed by atoms with E-state index < -0.39 is 11.9 Å². The van der Waals surface area contributed by atoms with Gasteiger partial charge in [-0.25, -0.2) is 0 Å². The number of rotatable bonds is 11. The predicted octanol–water partition coefficient (Wildman–Crippen LogP) is 5.67. The van der Waals surface area contributed by atoms with E-state index in [4.69, 9.17) is 0 Å². The van der Waals surface area contributed by atoms with Crippen molar-refractivity contribution in [1.82, 2.24) is 0 Å². The molecule has 0 aromatic rings. The first-order valence-corrected chi connectivity index (χ1v) is 10.7. The highest BCUT2D eigenvalue weighted by Crippen LogP contribution is 2.38. The number of aliphatic carboxylic acids is 2. The zero-order valence-corrected chi connectivity index (χ0v) is 16.3. The van der Waals surface area contributed by atoms with Crippen molar-refractivity contribution in [3.05, 3.63) is 11.6 Å². The molecule has 4 nitrogen and oxygen atoms in total. The monoisotopic (exact) mass is 364 g/mol. The Kier molecular flexibility index (Phi) is 8.67. The number of carboxylic acid groups (broad SMARTS) is 2. The number of hydrogen-bond donors (Lipinski definition) is 2. The molecule has 0 saturated heterocycles. The Morgan fingerprint density at radius 1 is 1.12 bits per heavy atom. The van der Waals surface area contributed by atoms with Crippen LogP contribution < -0.4 is 0 Å². The van der Waals surface area contributed by atoms with Crippen molar-refractivity contribution in [2.45, 2.75) is 90.4 Å². The van der Waals surface area contributed by atoms with Gasteiger partial charge in [0, 0.05) is 0 Å². The van der Waals surface area contributed by atoms with Gasteiger partial charge < -0.3 is 10.2 Å². The number of hydrogen-bond acceptors (Lipinski definition) is 2. The summed E-state index contributed by atoms with van der Waals surface area (Å²) in [6, 6.07) is 0. The lowest BCUT2D eigenvalue weighted by Gasteiger charge is -2.27. The Hall–Kier alpha value is -1.32. The van der Waals surface area contributed by atoms with Gasteiger partial charge in [-0.15, -0.1) is 0 Å². The van der Waals surface area contributed by atoms with Gasteiger partial charge in [-0.05, 0) is 50.4 Å². The van der Waals surface area contributed by atoms with Crippen molar-refractivity contribution in [3.8, 4) is 0 Å². The smallest absolute Gasteiger partial charge is 0.307 e. The van der Waals surface area contributed by atoms with Crippen LogP contribution in [0.15, 0.2) is 11.6 Å². The molecule has 2 aliphatic carbocycles. The van der Waals surface area contributed by atoms with Crippen LogP contribution in [-0.4, -0.2) is 22.2 Å². The first kappa shape index (κ1) is 21.0. The number of unbranched alkanes of at least 4 members (excludes halogenated alkanes) is 2. The molecule has 2 rings (SSSR count). The van der Waals surface area contributed by atoms with Crippen LogP contribution in [0.3, 0.4) is 0 Å². The molecule has 3 atom stereocenters. The average molecular weight is 365 g/mol. The molecule has 0 aromatic carbocycles. The molecule has 1 fully saturated rings. The van der Waals surface area contributed by atoms with Gasteiger partial charge in [0.05, 0.1) is 11.8 Å². The second-order valence-electron chi connectivity index (χ2n) is 8.30. The summed E-state index contributed by atoms with van der Waals surface area (Å²) in [5, 5.41) is 19.0. The minimum atomic E-state index is -0.666. The predicted molar refractivity (Wildman–Crippen MR) is 103 cm³/mol. The molecule has 2 aliphatic rings. The van der Waals surface area contributed by atoms with E-state index >= 15 is 0 Å². The maximum Gasteiger partial charge on any atom is 0.307 e. The average Bonchev–Trinajstić information content (AvgIpc) is 3.02. The lowest BCUT2D eigenvalue weighted by molar-refractivity contribution is -0.145. The normalized spacial score (nSPS) is 25.0. The highest BCUT2D eigenvalue weighted by molar-refractivity contribution is 5.72. The minimum Gasteiger partial charge on any atom is -0.481 e. The topological polar surface area (TPSA) is 74.6 Å².